The Balaban J connectivity index is 1.98. The molecule has 0 spiro atoms. The molecule has 1 heterocycles. The number of hydrogen-bond acceptors (Lipinski definition) is 6. The second kappa shape index (κ2) is 7.39. The fraction of sp³-hybridized carbons (Fsp3) is 0.357. The molecule has 1 aromatic heterocycles. The first kappa shape index (κ1) is 16.5. The second-order valence-corrected chi connectivity index (χ2v) is 5.97. The van der Waals surface area contributed by atoms with Gasteiger partial charge in [-0.1, -0.05) is 11.3 Å². The Morgan fingerprint density at radius 2 is 2.09 bits per heavy atom. The van der Waals surface area contributed by atoms with Crippen LogP contribution in [0.25, 0.3) is 0 Å². The van der Waals surface area contributed by atoms with Crippen molar-refractivity contribution in [3.63, 3.8) is 0 Å². The van der Waals surface area contributed by atoms with Crippen LogP contribution in [0, 0.1) is 5.82 Å². The summed E-state index contributed by atoms with van der Waals surface area (Å²) in [4.78, 5) is 14.0. The van der Waals surface area contributed by atoms with E-state index in [-0.39, 0.29) is 29.4 Å². The van der Waals surface area contributed by atoms with E-state index < -0.39 is 0 Å². The van der Waals surface area contributed by atoms with Gasteiger partial charge in [-0.05, 0) is 38.2 Å². The summed E-state index contributed by atoms with van der Waals surface area (Å²) in [6, 6.07) is 5.50. The summed E-state index contributed by atoms with van der Waals surface area (Å²) in [6.07, 6.45) is 0. The van der Waals surface area contributed by atoms with Crippen molar-refractivity contribution in [2.24, 2.45) is 0 Å². The summed E-state index contributed by atoms with van der Waals surface area (Å²) in [7, 11) is 1.86. The van der Waals surface area contributed by atoms with Gasteiger partial charge in [0, 0.05) is 11.7 Å². The van der Waals surface area contributed by atoms with Gasteiger partial charge in [0.2, 0.25) is 5.01 Å². The molecular formula is C14H17FN4O2S. The lowest BCUT2D eigenvalue weighted by atomic mass is 10.3. The fourth-order valence-electron chi connectivity index (χ4n) is 1.64. The third kappa shape index (κ3) is 4.30. The highest BCUT2D eigenvalue weighted by atomic mass is 32.1. The Morgan fingerprint density at radius 3 is 2.73 bits per heavy atom. The number of amides is 1. The maximum absolute atomic E-state index is 12.8. The molecule has 0 fully saturated rings. The third-order valence-corrected chi connectivity index (χ3v) is 4.07. The normalized spacial score (nSPS) is 12.4. The smallest absolute Gasteiger partial charge is 0.286 e. The molecule has 0 aliphatic carbocycles. The van der Waals surface area contributed by atoms with Crippen molar-refractivity contribution in [2.45, 2.75) is 19.5 Å². The second-order valence-electron chi connectivity index (χ2n) is 4.91. The molecule has 0 aliphatic rings. The molecule has 0 saturated carbocycles. The van der Waals surface area contributed by atoms with E-state index in [2.05, 4.69) is 15.5 Å². The highest BCUT2D eigenvalue weighted by Crippen LogP contribution is 2.15. The van der Waals surface area contributed by atoms with Crippen LogP contribution in [-0.2, 0) is 6.54 Å². The highest BCUT2D eigenvalue weighted by molar-refractivity contribution is 7.13. The van der Waals surface area contributed by atoms with Gasteiger partial charge in [-0.2, -0.15) is 0 Å². The summed E-state index contributed by atoms with van der Waals surface area (Å²) < 4.78 is 12.8. The van der Waals surface area contributed by atoms with Crippen LogP contribution in [0.4, 0.5) is 10.1 Å². The molecule has 0 aliphatic heterocycles. The number of anilines is 1. The summed E-state index contributed by atoms with van der Waals surface area (Å²) >= 11 is 1.19. The molecule has 2 rings (SSSR count). The minimum atomic E-state index is -0.381. The molecule has 0 saturated heterocycles. The molecule has 8 heteroatoms. The number of benzene rings is 1. The Morgan fingerprint density at radius 1 is 1.41 bits per heavy atom. The van der Waals surface area contributed by atoms with E-state index in [0.717, 1.165) is 0 Å². The Kier molecular flexibility index (Phi) is 5.53. The average Bonchev–Trinajstić information content (AvgIpc) is 2.97. The number of halogens is 1. The number of aliphatic hydroxyl groups is 1. The lowest BCUT2D eigenvalue weighted by Crippen LogP contribution is -2.31. The van der Waals surface area contributed by atoms with Crippen molar-refractivity contribution in [2.75, 3.05) is 19.0 Å². The van der Waals surface area contributed by atoms with E-state index in [1.165, 1.54) is 35.6 Å². The summed E-state index contributed by atoms with van der Waals surface area (Å²) in [5.74, 6) is -0.745. The topological polar surface area (TPSA) is 78.3 Å². The van der Waals surface area contributed by atoms with Crippen LogP contribution in [0.3, 0.4) is 0 Å². The zero-order valence-electron chi connectivity index (χ0n) is 12.3. The molecule has 1 atom stereocenters. The lowest BCUT2D eigenvalue weighted by Gasteiger charge is -2.20. The molecule has 0 radical (unpaired) electrons. The number of aromatic nitrogens is 2. The van der Waals surface area contributed by atoms with Crippen LogP contribution >= 0.6 is 11.3 Å². The number of rotatable bonds is 6. The highest BCUT2D eigenvalue weighted by Gasteiger charge is 2.16. The Bertz CT molecular complexity index is 632. The van der Waals surface area contributed by atoms with E-state index in [4.69, 9.17) is 5.11 Å². The molecule has 0 bridgehead atoms. The quantitative estimate of drug-likeness (QED) is 0.846. The van der Waals surface area contributed by atoms with Crippen LogP contribution in [0.15, 0.2) is 24.3 Å². The first-order valence-electron chi connectivity index (χ1n) is 6.70. The predicted octanol–water partition coefficient (Wildman–Crippen LogP) is 1.74. The SMILES string of the molecule is CC(CO)N(C)Cc1nnc(C(=O)Nc2ccc(F)cc2)s1. The predicted molar refractivity (Wildman–Crippen MR) is 82.3 cm³/mol. The van der Waals surface area contributed by atoms with Crippen molar-refractivity contribution in [1.29, 1.82) is 0 Å². The molecular weight excluding hydrogens is 307 g/mol. The molecule has 1 unspecified atom stereocenters. The molecule has 118 valence electrons. The van der Waals surface area contributed by atoms with Crippen LogP contribution in [0.5, 0.6) is 0 Å². The number of nitrogens with zero attached hydrogens (tertiary/aromatic N) is 3. The minimum absolute atomic E-state index is 0.000363. The van der Waals surface area contributed by atoms with Crippen molar-refractivity contribution in [3.8, 4) is 0 Å². The van der Waals surface area contributed by atoms with Gasteiger partial charge in [0.25, 0.3) is 5.91 Å². The van der Waals surface area contributed by atoms with Gasteiger partial charge in [0.05, 0.1) is 13.2 Å². The summed E-state index contributed by atoms with van der Waals surface area (Å²) in [5, 5.41) is 20.5. The number of carbonyl (C=O) groups is 1. The van der Waals surface area contributed by atoms with Crippen molar-refractivity contribution >= 4 is 22.9 Å². The van der Waals surface area contributed by atoms with E-state index in [9.17, 15) is 9.18 Å². The fourth-order valence-corrected chi connectivity index (χ4v) is 2.43. The van der Waals surface area contributed by atoms with E-state index >= 15 is 0 Å². The summed E-state index contributed by atoms with van der Waals surface area (Å²) in [5.41, 5.74) is 0.495. The van der Waals surface area contributed by atoms with Gasteiger partial charge in [-0.25, -0.2) is 4.39 Å². The molecule has 1 amide bonds. The first-order valence-corrected chi connectivity index (χ1v) is 7.51. The minimum Gasteiger partial charge on any atom is -0.395 e. The van der Waals surface area contributed by atoms with Gasteiger partial charge in [-0.15, -0.1) is 10.2 Å². The maximum Gasteiger partial charge on any atom is 0.286 e. The number of nitrogens with one attached hydrogen (secondary N) is 1. The summed E-state index contributed by atoms with van der Waals surface area (Å²) in [6.45, 7) is 2.44. The van der Waals surface area contributed by atoms with Gasteiger partial charge in [0.15, 0.2) is 0 Å². The van der Waals surface area contributed by atoms with E-state index in [1.54, 1.807) is 0 Å². The Labute approximate surface area is 131 Å². The van der Waals surface area contributed by atoms with E-state index in [1.807, 2.05) is 18.9 Å². The van der Waals surface area contributed by atoms with Crippen molar-refractivity contribution < 1.29 is 14.3 Å². The number of carbonyl (C=O) groups excluding carboxylic acids is 1. The van der Waals surface area contributed by atoms with Crippen molar-refractivity contribution in [1.82, 2.24) is 15.1 Å². The standard InChI is InChI=1S/C14H17FN4O2S/c1-9(8-20)19(2)7-12-17-18-14(22-12)13(21)16-11-5-3-10(15)4-6-11/h3-6,9,20H,7-8H2,1-2H3,(H,16,21). The monoisotopic (exact) mass is 324 g/mol. The molecule has 2 aromatic rings. The Hall–Kier alpha value is -1.90. The van der Waals surface area contributed by atoms with Gasteiger partial charge in [0.1, 0.15) is 10.8 Å². The third-order valence-electron chi connectivity index (χ3n) is 3.16. The maximum atomic E-state index is 12.8. The average molecular weight is 324 g/mol. The first-order chi connectivity index (χ1) is 10.5. The molecule has 22 heavy (non-hydrogen) atoms. The van der Waals surface area contributed by atoms with Crippen LogP contribution < -0.4 is 5.32 Å². The number of likely N-dealkylation sites (N-methyl/N-ethyl adjacent to an activating group) is 1. The molecule has 1 aromatic carbocycles. The molecule has 2 N–H and O–H groups in total. The number of hydrogen-bond donors (Lipinski definition) is 2. The van der Waals surface area contributed by atoms with Crippen LogP contribution in [-0.4, -0.2) is 45.8 Å². The van der Waals surface area contributed by atoms with Crippen LogP contribution in [0.2, 0.25) is 0 Å². The van der Waals surface area contributed by atoms with Gasteiger partial charge >= 0.3 is 0 Å². The van der Waals surface area contributed by atoms with Gasteiger partial charge in [-0.3, -0.25) is 9.69 Å². The molecule has 6 nitrogen and oxygen atoms in total. The lowest BCUT2D eigenvalue weighted by molar-refractivity contribution is 0.102. The van der Waals surface area contributed by atoms with Crippen molar-refractivity contribution in [3.05, 3.63) is 40.1 Å². The number of aliphatic hydroxyl groups excluding tert-OH is 1. The van der Waals surface area contributed by atoms with Gasteiger partial charge < -0.3 is 10.4 Å². The van der Waals surface area contributed by atoms with Crippen LogP contribution in [0.1, 0.15) is 21.7 Å². The zero-order chi connectivity index (χ0) is 16.1. The zero-order valence-corrected chi connectivity index (χ0v) is 13.1. The van der Waals surface area contributed by atoms with E-state index in [0.29, 0.717) is 17.2 Å². The largest absolute Gasteiger partial charge is 0.395 e.